The molecule has 0 aliphatic carbocycles. The molecule has 1 aliphatic heterocycles. The van der Waals surface area contributed by atoms with Crippen molar-refractivity contribution >= 4 is 11.8 Å². The first kappa shape index (κ1) is 17.5. The van der Waals surface area contributed by atoms with E-state index in [0.29, 0.717) is 23.6 Å². The Morgan fingerprint density at radius 2 is 2.09 bits per heavy atom. The molecule has 1 heterocycles. The number of likely N-dealkylation sites (tertiary alicyclic amines) is 1. The summed E-state index contributed by atoms with van der Waals surface area (Å²) in [5, 5.41) is 3.19. The molecule has 23 heavy (non-hydrogen) atoms. The monoisotopic (exact) mass is 317 g/mol. The molecule has 0 bridgehead atoms. The molecule has 1 aromatic carbocycles. The molecule has 1 atom stereocenters. The molecule has 1 N–H and O–H groups in total. The summed E-state index contributed by atoms with van der Waals surface area (Å²) in [6.07, 6.45) is 2.19. The van der Waals surface area contributed by atoms with Gasteiger partial charge in [0, 0.05) is 37.8 Å². The number of amides is 2. The van der Waals surface area contributed by atoms with Crippen molar-refractivity contribution in [2.45, 2.75) is 19.8 Å². The maximum absolute atomic E-state index is 12.7. The van der Waals surface area contributed by atoms with Gasteiger partial charge in [-0.15, -0.1) is 0 Å². The molecule has 1 saturated heterocycles. The van der Waals surface area contributed by atoms with E-state index in [9.17, 15) is 9.59 Å². The van der Waals surface area contributed by atoms with Gasteiger partial charge in [-0.2, -0.15) is 0 Å². The van der Waals surface area contributed by atoms with Crippen molar-refractivity contribution in [2.75, 3.05) is 40.3 Å². The summed E-state index contributed by atoms with van der Waals surface area (Å²) in [5.41, 5.74) is 1.18. The molecule has 0 spiro atoms. The van der Waals surface area contributed by atoms with Gasteiger partial charge in [0.15, 0.2) is 0 Å². The van der Waals surface area contributed by atoms with Crippen LogP contribution in [0.2, 0.25) is 0 Å². The van der Waals surface area contributed by atoms with Crippen LogP contribution in [0.5, 0.6) is 0 Å². The zero-order valence-electron chi connectivity index (χ0n) is 14.3. The number of carbonyl (C=O) groups is 2. The highest BCUT2D eigenvalue weighted by Gasteiger charge is 2.24. The third kappa shape index (κ3) is 4.32. The van der Waals surface area contributed by atoms with Crippen LogP contribution < -0.4 is 5.32 Å². The minimum absolute atomic E-state index is 0.0274. The van der Waals surface area contributed by atoms with Crippen molar-refractivity contribution in [3.05, 3.63) is 35.4 Å². The van der Waals surface area contributed by atoms with Gasteiger partial charge in [-0.3, -0.25) is 9.59 Å². The minimum Gasteiger partial charge on any atom is -0.342 e. The lowest BCUT2D eigenvalue weighted by molar-refractivity contribution is 0.0674. The topological polar surface area (TPSA) is 52.7 Å². The number of hydrogen-bond donors (Lipinski definition) is 1. The van der Waals surface area contributed by atoms with E-state index in [0.717, 1.165) is 32.5 Å². The van der Waals surface area contributed by atoms with Crippen molar-refractivity contribution in [3.8, 4) is 0 Å². The summed E-state index contributed by atoms with van der Waals surface area (Å²) in [4.78, 5) is 28.6. The fraction of sp³-hybridized carbons (Fsp3) is 0.556. The Labute approximate surface area is 138 Å². The third-order valence-corrected chi connectivity index (χ3v) is 4.48. The third-order valence-electron chi connectivity index (χ3n) is 4.48. The predicted molar refractivity (Wildman–Crippen MR) is 91.6 cm³/mol. The molecule has 0 saturated carbocycles. The minimum atomic E-state index is -0.0474. The van der Waals surface area contributed by atoms with Gasteiger partial charge in [0.25, 0.3) is 11.8 Å². The largest absolute Gasteiger partial charge is 0.342 e. The average molecular weight is 317 g/mol. The Balaban J connectivity index is 2.12. The van der Waals surface area contributed by atoms with E-state index in [2.05, 4.69) is 5.32 Å². The van der Waals surface area contributed by atoms with Gasteiger partial charge in [0.05, 0.1) is 0 Å². The van der Waals surface area contributed by atoms with Crippen LogP contribution in [0.25, 0.3) is 0 Å². The van der Waals surface area contributed by atoms with Gasteiger partial charge in [0.2, 0.25) is 0 Å². The quantitative estimate of drug-likeness (QED) is 0.902. The van der Waals surface area contributed by atoms with Gasteiger partial charge in [-0.25, -0.2) is 0 Å². The van der Waals surface area contributed by atoms with E-state index < -0.39 is 0 Å². The van der Waals surface area contributed by atoms with Crippen LogP contribution in [0.15, 0.2) is 24.3 Å². The van der Waals surface area contributed by atoms with Crippen LogP contribution in [0.3, 0.4) is 0 Å². The van der Waals surface area contributed by atoms with Crippen LogP contribution in [0, 0.1) is 5.92 Å². The Morgan fingerprint density at radius 3 is 2.78 bits per heavy atom. The predicted octanol–water partition coefficient (Wildman–Crippen LogP) is 1.85. The normalized spacial score (nSPS) is 17.9. The molecule has 2 rings (SSSR count). The summed E-state index contributed by atoms with van der Waals surface area (Å²) < 4.78 is 0. The molecular weight excluding hydrogens is 290 g/mol. The number of piperidine rings is 1. The Hall–Kier alpha value is -1.88. The number of nitrogens with zero attached hydrogens (tertiary/aromatic N) is 2. The number of hydrogen-bond acceptors (Lipinski definition) is 3. The van der Waals surface area contributed by atoms with Crippen LogP contribution in [-0.2, 0) is 0 Å². The molecule has 1 aromatic rings. The Morgan fingerprint density at radius 1 is 1.35 bits per heavy atom. The number of nitrogens with one attached hydrogen (secondary N) is 1. The smallest absolute Gasteiger partial charge is 0.253 e. The van der Waals surface area contributed by atoms with Crippen molar-refractivity contribution in [1.29, 1.82) is 0 Å². The van der Waals surface area contributed by atoms with Gasteiger partial charge < -0.3 is 15.1 Å². The highest BCUT2D eigenvalue weighted by molar-refractivity contribution is 5.99. The molecule has 0 radical (unpaired) electrons. The fourth-order valence-electron chi connectivity index (χ4n) is 3.04. The molecule has 2 amide bonds. The lowest BCUT2D eigenvalue weighted by Crippen LogP contribution is -2.42. The van der Waals surface area contributed by atoms with E-state index in [4.69, 9.17) is 0 Å². The van der Waals surface area contributed by atoms with Crippen molar-refractivity contribution < 1.29 is 9.59 Å². The van der Waals surface area contributed by atoms with Gasteiger partial charge in [-0.05, 0) is 57.5 Å². The Bertz CT molecular complexity index is 557. The first-order chi connectivity index (χ1) is 11.1. The molecule has 126 valence electrons. The fourth-order valence-corrected chi connectivity index (χ4v) is 3.04. The highest BCUT2D eigenvalue weighted by Crippen LogP contribution is 2.19. The Kier molecular flexibility index (Phi) is 6.16. The number of benzene rings is 1. The average Bonchev–Trinajstić information content (AvgIpc) is 2.60. The van der Waals surface area contributed by atoms with Crippen LogP contribution >= 0.6 is 0 Å². The summed E-state index contributed by atoms with van der Waals surface area (Å²) in [6.45, 7) is 5.10. The lowest BCUT2D eigenvalue weighted by Gasteiger charge is -2.32. The van der Waals surface area contributed by atoms with Gasteiger partial charge in [-0.1, -0.05) is 6.07 Å². The first-order valence-corrected chi connectivity index (χ1v) is 8.36. The van der Waals surface area contributed by atoms with Gasteiger partial charge >= 0.3 is 0 Å². The highest BCUT2D eigenvalue weighted by atomic mass is 16.2. The summed E-state index contributed by atoms with van der Waals surface area (Å²) in [5.74, 6) is 0.488. The molecular formula is C18H27N3O2. The molecule has 1 fully saturated rings. The van der Waals surface area contributed by atoms with E-state index in [1.54, 1.807) is 36.2 Å². The SMILES string of the molecule is CCN(C)C(=O)c1cccc(C(=O)N2CCCC(CNC)C2)c1. The van der Waals surface area contributed by atoms with E-state index in [-0.39, 0.29) is 11.8 Å². The van der Waals surface area contributed by atoms with Crippen molar-refractivity contribution in [2.24, 2.45) is 5.92 Å². The summed E-state index contributed by atoms with van der Waals surface area (Å²) in [6, 6.07) is 7.08. The number of rotatable bonds is 5. The zero-order chi connectivity index (χ0) is 16.8. The summed E-state index contributed by atoms with van der Waals surface area (Å²) in [7, 11) is 3.71. The standard InChI is InChI=1S/C18H27N3O2/c1-4-20(3)17(22)15-8-5-9-16(11-15)18(23)21-10-6-7-14(13-21)12-19-2/h5,8-9,11,14,19H,4,6-7,10,12-13H2,1-3H3. The molecule has 5 nitrogen and oxygen atoms in total. The van der Waals surface area contributed by atoms with Crippen LogP contribution in [0.1, 0.15) is 40.5 Å². The molecule has 5 heteroatoms. The second kappa shape index (κ2) is 8.11. The van der Waals surface area contributed by atoms with E-state index in [1.165, 1.54) is 0 Å². The molecule has 0 aromatic heterocycles. The van der Waals surface area contributed by atoms with E-state index in [1.807, 2.05) is 18.9 Å². The van der Waals surface area contributed by atoms with Crippen LogP contribution in [-0.4, -0.2) is 61.9 Å². The molecule has 1 unspecified atom stereocenters. The second-order valence-electron chi connectivity index (χ2n) is 6.22. The lowest BCUT2D eigenvalue weighted by atomic mass is 9.97. The summed E-state index contributed by atoms with van der Waals surface area (Å²) >= 11 is 0. The van der Waals surface area contributed by atoms with Gasteiger partial charge in [0.1, 0.15) is 0 Å². The van der Waals surface area contributed by atoms with Crippen molar-refractivity contribution in [3.63, 3.8) is 0 Å². The van der Waals surface area contributed by atoms with Crippen LogP contribution in [0.4, 0.5) is 0 Å². The van der Waals surface area contributed by atoms with Crippen molar-refractivity contribution in [1.82, 2.24) is 15.1 Å². The van der Waals surface area contributed by atoms with E-state index >= 15 is 0 Å². The maximum Gasteiger partial charge on any atom is 0.253 e. The number of carbonyl (C=O) groups excluding carboxylic acids is 2. The second-order valence-corrected chi connectivity index (χ2v) is 6.22. The molecule has 1 aliphatic rings. The first-order valence-electron chi connectivity index (χ1n) is 8.36. The zero-order valence-corrected chi connectivity index (χ0v) is 14.3. The maximum atomic E-state index is 12.7.